The van der Waals surface area contributed by atoms with Gasteiger partial charge >= 0.3 is 0 Å². The number of fused-ring (bicyclic) bond motifs is 1. The summed E-state index contributed by atoms with van der Waals surface area (Å²) in [6.07, 6.45) is 1.39. The Labute approximate surface area is 139 Å². The number of hydrogen-bond donors (Lipinski definition) is 1. The molecule has 2 amide bonds. The summed E-state index contributed by atoms with van der Waals surface area (Å²) >= 11 is 1.59. The lowest BCUT2D eigenvalue weighted by molar-refractivity contribution is -0.139. The average Bonchev–Trinajstić information content (AvgIpc) is 3.11. The quantitative estimate of drug-likeness (QED) is 0.916. The highest BCUT2D eigenvalue weighted by Crippen LogP contribution is 2.22. The molecule has 1 aromatic heterocycles. The average molecular weight is 331 g/mol. The van der Waals surface area contributed by atoms with E-state index in [9.17, 15) is 9.59 Å². The summed E-state index contributed by atoms with van der Waals surface area (Å²) in [7, 11) is 0. The molecule has 1 atom stereocenters. The van der Waals surface area contributed by atoms with Crippen LogP contribution in [0.3, 0.4) is 0 Å². The predicted molar refractivity (Wildman–Crippen MR) is 91.0 cm³/mol. The molecule has 0 radical (unpaired) electrons. The van der Waals surface area contributed by atoms with Gasteiger partial charge in [-0.05, 0) is 24.5 Å². The minimum Gasteiger partial charge on any atom is -0.348 e. The SMILES string of the molecule is CC(C)[C@H](C(=O)NCc1nc2ccccc2s1)N1CCCC1=O. The van der Waals surface area contributed by atoms with Gasteiger partial charge in [0.2, 0.25) is 11.8 Å². The number of hydrogen-bond acceptors (Lipinski definition) is 4. The van der Waals surface area contributed by atoms with Gasteiger partial charge < -0.3 is 10.2 Å². The molecule has 122 valence electrons. The van der Waals surface area contributed by atoms with Crippen LogP contribution in [0, 0.1) is 5.92 Å². The van der Waals surface area contributed by atoms with Crippen LogP contribution in [0.4, 0.5) is 0 Å². The Morgan fingerprint density at radius 3 is 2.83 bits per heavy atom. The fourth-order valence-electron chi connectivity index (χ4n) is 3.03. The van der Waals surface area contributed by atoms with Crippen molar-refractivity contribution in [3.05, 3.63) is 29.3 Å². The highest BCUT2D eigenvalue weighted by atomic mass is 32.1. The van der Waals surface area contributed by atoms with Crippen molar-refractivity contribution in [3.63, 3.8) is 0 Å². The summed E-state index contributed by atoms with van der Waals surface area (Å²) in [5.74, 6) is 0.0840. The molecule has 1 aromatic carbocycles. The van der Waals surface area contributed by atoms with Gasteiger partial charge in [0.15, 0.2) is 0 Å². The molecular formula is C17H21N3O2S. The number of likely N-dealkylation sites (tertiary alicyclic amines) is 1. The van der Waals surface area contributed by atoms with E-state index >= 15 is 0 Å². The Morgan fingerprint density at radius 2 is 2.17 bits per heavy atom. The number of carbonyl (C=O) groups excluding carboxylic acids is 2. The Morgan fingerprint density at radius 1 is 1.39 bits per heavy atom. The van der Waals surface area contributed by atoms with Gasteiger partial charge in [-0.2, -0.15) is 0 Å². The smallest absolute Gasteiger partial charge is 0.243 e. The van der Waals surface area contributed by atoms with Crippen molar-refractivity contribution in [3.8, 4) is 0 Å². The first-order chi connectivity index (χ1) is 11.1. The summed E-state index contributed by atoms with van der Waals surface area (Å²) in [4.78, 5) is 30.8. The molecule has 0 unspecified atom stereocenters. The molecule has 5 nitrogen and oxygen atoms in total. The molecule has 1 aliphatic rings. The van der Waals surface area contributed by atoms with E-state index in [0.29, 0.717) is 19.5 Å². The second kappa shape index (κ2) is 6.66. The molecule has 0 bridgehead atoms. The fraction of sp³-hybridized carbons (Fsp3) is 0.471. The van der Waals surface area contributed by atoms with E-state index in [4.69, 9.17) is 0 Å². The number of nitrogens with zero attached hydrogens (tertiary/aromatic N) is 2. The molecule has 0 spiro atoms. The summed E-state index contributed by atoms with van der Waals surface area (Å²) < 4.78 is 1.12. The lowest BCUT2D eigenvalue weighted by Gasteiger charge is -2.29. The standard InChI is InChI=1S/C17H21N3O2S/c1-11(2)16(20-9-5-8-15(20)21)17(22)18-10-14-19-12-6-3-4-7-13(12)23-14/h3-4,6-7,11,16H,5,8-10H2,1-2H3,(H,18,22)/t16-/m1/s1. The van der Waals surface area contributed by atoms with Crippen molar-refractivity contribution >= 4 is 33.4 Å². The van der Waals surface area contributed by atoms with E-state index in [1.807, 2.05) is 38.1 Å². The number of thiazole rings is 1. The number of aromatic nitrogens is 1. The summed E-state index contributed by atoms with van der Waals surface area (Å²) in [5, 5.41) is 3.84. The van der Waals surface area contributed by atoms with Crippen molar-refractivity contribution in [2.45, 2.75) is 39.3 Å². The van der Waals surface area contributed by atoms with Gasteiger partial charge in [0.1, 0.15) is 11.0 Å². The second-order valence-electron chi connectivity index (χ2n) is 6.17. The predicted octanol–water partition coefficient (Wildman–Crippen LogP) is 2.56. The van der Waals surface area contributed by atoms with Crippen molar-refractivity contribution in [1.82, 2.24) is 15.2 Å². The molecule has 3 rings (SSSR count). The largest absolute Gasteiger partial charge is 0.348 e. The molecule has 0 aliphatic carbocycles. The fourth-order valence-corrected chi connectivity index (χ4v) is 3.94. The van der Waals surface area contributed by atoms with E-state index in [1.54, 1.807) is 16.2 Å². The molecule has 0 saturated carbocycles. The van der Waals surface area contributed by atoms with Crippen molar-refractivity contribution in [2.75, 3.05) is 6.54 Å². The monoisotopic (exact) mass is 331 g/mol. The number of amides is 2. The van der Waals surface area contributed by atoms with Crippen molar-refractivity contribution < 1.29 is 9.59 Å². The van der Waals surface area contributed by atoms with E-state index in [-0.39, 0.29) is 23.8 Å². The summed E-state index contributed by atoms with van der Waals surface area (Å²) in [5.41, 5.74) is 0.955. The van der Waals surface area contributed by atoms with Crippen LogP contribution in [0.15, 0.2) is 24.3 Å². The summed E-state index contributed by atoms with van der Waals surface area (Å²) in [6, 6.07) is 7.55. The van der Waals surface area contributed by atoms with E-state index in [1.165, 1.54) is 0 Å². The minimum absolute atomic E-state index is 0.0823. The van der Waals surface area contributed by atoms with Gasteiger partial charge in [0, 0.05) is 13.0 Å². The van der Waals surface area contributed by atoms with Gasteiger partial charge in [-0.1, -0.05) is 26.0 Å². The molecule has 23 heavy (non-hydrogen) atoms. The zero-order valence-corrected chi connectivity index (χ0v) is 14.2. The van der Waals surface area contributed by atoms with Crippen molar-refractivity contribution in [2.24, 2.45) is 5.92 Å². The first-order valence-electron chi connectivity index (χ1n) is 7.98. The van der Waals surface area contributed by atoms with Crippen LogP contribution in [0.25, 0.3) is 10.2 Å². The number of benzene rings is 1. The van der Waals surface area contributed by atoms with Crippen LogP contribution in [0.5, 0.6) is 0 Å². The van der Waals surface area contributed by atoms with Crippen LogP contribution in [0.1, 0.15) is 31.7 Å². The Bertz CT molecular complexity index is 692. The van der Waals surface area contributed by atoms with Crippen LogP contribution in [-0.2, 0) is 16.1 Å². The lowest BCUT2D eigenvalue weighted by Crippen LogP contribution is -2.50. The second-order valence-corrected chi connectivity index (χ2v) is 7.29. The van der Waals surface area contributed by atoms with Gasteiger partial charge in [0.25, 0.3) is 0 Å². The van der Waals surface area contributed by atoms with Gasteiger partial charge in [-0.3, -0.25) is 9.59 Å². The van der Waals surface area contributed by atoms with E-state index in [0.717, 1.165) is 21.6 Å². The molecule has 1 N–H and O–H groups in total. The van der Waals surface area contributed by atoms with Gasteiger partial charge in [-0.15, -0.1) is 11.3 Å². The third kappa shape index (κ3) is 3.37. The Balaban J connectivity index is 1.68. The molecular weight excluding hydrogens is 310 g/mol. The maximum absolute atomic E-state index is 12.6. The topological polar surface area (TPSA) is 62.3 Å². The first kappa shape index (κ1) is 15.9. The molecule has 1 fully saturated rings. The highest BCUT2D eigenvalue weighted by molar-refractivity contribution is 7.18. The maximum atomic E-state index is 12.6. The van der Waals surface area contributed by atoms with Crippen LogP contribution in [-0.4, -0.2) is 34.3 Å². The Kier molecular flexibility index (Phi) is 4.61. The normalized spacial score (nSPS) is 16.3. The Hall–Kier alpha value is -1.95. The summed E-state index contributed by atoms with van der Waals surface area (Å²) in [6.45, 7) is 5.04. The molecule has 1 saturated heterocycles. The zero-order chi connectivity index (χ0) is 16.4. The highest BCUT2D eigenvalue weighted by Gasteiger charge is 2.34. The van der Waals surface area contributed by atoms with E-state index < -0.39 is 0 Å². The zero-order valence-electron chi connectivity index (χ0n) is 13.4. The lowest BCUT2D eigenvalue weighted by atomic mass is 10.0. The van der Waals surface area contributed by atoms with Crippen LogP contribution < -0.4 is 5.32 Å². The molecule has 2 heterocycles. The third-order valence-corrected chi connectivity index (χ3v) is 5.13. The number of carbonyl (C=O) groups is 2. The third-order valence-electron chi connectivity index (χ3n) is 4.10. The first-order valence-corrected chi connectivity index (χ1v) is 8.79. The maximum Gasteiger partial charge on any atom is 0.243 e. The molecule has 6 heteroatoms. The molecule has 2 aromatic rings. The number of rotatable bonds is 5. The number of para-hydroxylation sites is 1. The van der Waals surface area contributed by atoms with Crippen LogP contribution >= 0.6 is 11.3 Å². The van der Waals surface area contributed by atoms with E-state index in [2.05, 4.69) is 10.3 Å². The minimum atomic E-state index is -0.389. The van der Waals surface area contributed by atoms with Gasteiger partial charge in [0.05, 0.1) is 16.8 Å². The number of nitrogens with one attached hydrogen (secondary N) is 1. The van der Waals surface area contributed by atoms with Crippen molar-refractivity contribution in [1.29, 1.82) is 0 Å². The van der Waals surface area contributed by atoms with Crippen LogP contribution in [0.2, 0.25) is 0 Å². The molecule has 1 aliphatic heterocycles. The van der Waals surface area contributed by atoms with Gasteiger partial charge in [-0.25, -0.2) is 4.98 Å².